The van der Waals surface area contributed by atoms with Crippen LogP contribution < -0.4 is 5.48 Å². The molecule has 23 heavy (non-hydrogen) atoms. The standard InChI is InChI=1S/C14H25NO6S2/c1-2-14(7-15-20-10-16,8-18-12(17)4-6-23)9-19-13-11(21-13)3-5-22/h10-11,13,15,22-23H,2-9H2,1H3/t11-,13+,14?/m1/s1. The number of epoxide rings is 1. The normalized spacial score (nSPS) is 22.2. The van der Waals surface area contributed by atoms with Crippen LogP contribution in [0.5, 0.6) is 0 Å². The molecule has 1 fully saturated rings. The largest absolute Gasteiger partial charge is 0.465 e. The molecule has 0 bridgehead atoms. The Balaban J connectivity index is 2.51. The first-order chi connectivity index (χ1) is 11.1. The van der Waals surface area contributed by atoms with Gasteiger partial charge in [0.1, 0.15) is 12.7 Å². The summed E-state index contributed by atoms with van der Waals surface area (Å²) in [5.74, 6) is 0.853. The summed E-state index contributed by atoms with van der Waals surface area (Å²) in [6, 6.07) is 0. The molecular formula is C14H25NO6S2. The zero-order chi connectivity index (χ0) is 17.1. The summed E-state index contributed by atoms with van der Waals surface area (Å²) < 4.78 is 16.4. The van der Waals surface area contributed by atoms with Crippen molar-refractivity contribution in [3.05, 3.63) is 0 Å². The van der Waals surface area contributed by atoms with E-state index in [2.05, 4.69) is 35.6 Å². The molecule has 1 saturated heterocycles. The third-order valence-electron chi connectivity index (χ3n) is 3.69. The molecule has 9 heteroatoms. The van der Waals surface area contributed by atoms with Crippen molar-refractivity contribution in [2.75, 3.05) is 31.3 Å². The average Bonchev–Trinajstić information content (AvgIpc) is 3.29. The van der Waals surface area contributed by atoms with Gasteiger partial charge < -0.3 is 19.0 Å². The second-order valence-electron chi connectivity index (χ2n) is 5.39. The van der Waals surface area contributed by atoms with Crippen LogP contribution in [0.15, 0.2) is 0 Å². The summed E-state index contributed by atoms with van der Waals surface area (Å²) in [6.07, 6.45) is 1.58. The maximum Gasteiger partial charge on any atom is 0.312 e. The highest BCUT2D eigenvalue weighted by Gasteiger charge is 2.42. The van der Waals surface area contributed by atoms with Crippen LogP contribution in [0, 0.1) is 5.41 Å². The fourth-order valence-corrected chi connectivity index (χ4v) is 2.40. The Morgan fingerprint density at radius 3 is 2.74 bits per heavy atom. The molecule has 1 aliphatic rings. The number of thiol groups is 2. The van der Waals surface area contributed by atoms with Gasteiger partial charge in [-0.2, -0.15) is 30.7 Å². The molecule has 1 heterocycles. The SMILES string of the molecule is CCC(CNOC=O)(COC(=O)CCS)CO[C@H]1O[C@@H]1CCS. The van der Waals surface area contributed by atoms with E-state index in [1.165, 1.54) is 0 Å². The minimum atomic E-state index is -0.507. The van der Waals surface area contributed by atoms with Crippen LogP contribution >= 0.6 is 25.3 Å². The predicted molar refractivity (Wildman–Crippen MR) is 90.4 cm³/mol. The second-order valence-corrected chi connectivity index (χ2v) is 6.28. The van der Waals surface area contributed by atoms with Gasteiger partial charge in [0.05, 0.1) is 13.0 Å². The lowest BCUT2D eigenvalue weighted by atomic mass is 9.87. The number of rotatable bonds is 14. The highest BCUT2D eigenvalue weighted by molar-refractivity contribution is 7.80. The van der Waals surface area contributed by atoms with E-state index in [1.807, 2.05) is 6.92 Å². The lowest BCUT2D eigenvalue weighted by molar-refractivity contribution is -0.152. The number of carbonyl (C=O) groups is 2. The number of ether oxygens (including phenoxy) is 3. The summed E-state index contributed by atoms with van der Waals surface area (Å²) >= 11 is 8.16. The van der Waals surface area contributed by atoms with Crippen LogP contribution in [0.2, 0.25) is 0 Å². The van der Waals surface area contributed by atoms with Gasteiger partial charge in [0.2, 0.25) is 0 Å². The number of carbonyl (C=O) groups excluding carboxylic acids is 2. The van der Waals surface area contributed by atoms with E-state index >= 15 is 0 Å². The molecule has 134 valence electrons. The van der Waals surface area contributed by atoms with Crippen molar-refractivity contribution in [3.63, 3.8) is 0 Å². The Morgan fingerprint density at radius 1 is 1.35 bits per heavy atom. The molecule has 0 radical (unpaired) electrons. The molecule has 0 aromatic heterocycles. The molecule has 7 nitrogen and oxygen atoms in total. The Hall–Kier alpha value is -0.480. The van der Waals surface area contributed by atoms with Crippen molar-refractivity contribution in [2.45, 2.75) is 38.6 Å². The Labute approximate surface area is 147 Å². The molecule has 0 amide bonds. The predicted octanol–water partition coefficient (Wildman–Crippen LogP) is 0.985. The third kappa shape index (κ3) is 7.75. The van der Waals surface area contributed by atoms with E-state index in [4.69, 9.17) is 14.2 Å². The molecule has 1 N–H and O–H groups in total. The van der Waals surface area contributed by atoms with Gasteiger partial charge in [-0.05, 0) is 18.6 Å². The second kappa shape index (κ2) is 11.1. The zero-order valence-corrected chi connectivity index (χ0v) is 15.0. The Morgan fingerprint density at radius 2 is 2.13 bits per heavy atom. The highest BCUT2D eigenvalue weighted by Crippen LogP contribution is 2.31. The number of hydrogen-bond acceptors (Lipinski definition) is 9. The smallest absolute Gasteiger partial charge is 0.312 e. The summed E-state index contributed by atoms with van der Waals surface area (Å²) in [5, 5.41) is 0. The van der Waals surface area contributed by atoms with Gasteiger partial charge in [0.15, 0.2) is 6.29 Å². The van der Waals surface area contributed by atoms with E-state index in [0.29, 0.717) is 31.8 Å². The molecule has 1 rings (SSSR count). The molecule has 0 aromatic carbocycles. The number of esters is 1. The fraction of sp³-hybridized carbons (Fsp3) is 0.857. The van der Waals surface area contributed by atoms with Crippen molar-refractivity contribution in [1.82, 2.24) is 5.48 Å². The minimum Gasteiger partial charge on any atom is -0.465 e. The van der Waals surface area contributed by atoms with E-state index in [1.54, 1.807) is 0 Å². The van der Waals surface area contributed by atoms with Crippen LogP contribution in [0.3, 0.4) is 0 Å². The summed E-state index contributed by atoms with van der Waals surface area (Å²) in [7, 11) is 0. The van der Waals surface area contributed by atoms with Gasteiger partial charge in [0, 0.05) is 17.7 Å². The van der Waals surface area contributed by atoms with Gasteiger partial charge >= 0.3 is 12.4 Å². The average molecular weight is 367 g/mol. The van der Waals surface area contributed by atoms with Crippen molar-refractivity contribution in [1.29, 1.82) is 0 Å². The summed E-state index contributed by atoms with van der Waals surface area (Å²) in [4.78, 5) is 26.4. The Kier molecular flexibility index (Phi) is 9.96. The van der Waals surface area contributed by atoms with E-state index in [-0.39, 0.29) is 31.4 Å². The van der Waals surface area contributed by atoms with E-state index in [0.717, 1.165) is 12.2 Å². The van der Waals surface area contributed by atoms with Gasteiger partial charge in [-0.1, -0.05) is 6.92 Å². The first-order valence-electron chi connectivity index (χ1n) is 7.57. The number of nitrogens with one attached hydrogen (secondary N) is 1. The summed E-state index contributed by atoms with van der Waals surface area (Å²) in [5.41, 5.74) is 2.05. The van der Waals surface area contributed by atoms with Crippen molar-refractivity contribution >= 4 is 37.7 Å². The van der Waals surface area contributed by atoms with Crippen LogP contribution in [-0.2, 0) is 28.6 Å². The first-order valence-corrected chi connectivity index (χ1v) is 8.84. The number of hydrogen-bond donors (Lipinski definition) is 3. The summed E-state index contributed by atoms with van der Waals surface area (Å²) in [6.45, 7) is 3.05. The van der Waals surface area contributed by atoms with Gasteiger partial charge in [0.25, 0.3) is 0 Å². The zero-order valence-electron chi connectivity index (χ0n) is 13.2. The molecule has 0 spiro atoms. The van der Waals surface area contributed by atoms with Crippen molar-refractivity contribution < 1.29 is 28.6 Å². The monoisotopic (exact) mass is 367 g/mol. The molecule has 3 atom stereocenters. The van der Waals surface area contributed by atoms with Crippen LogP contribution in [0.25, 0.3) is 0 Å². The lowest BCUT2D eigenvalue weighted by Gasteiger charge is -2.31. The van der Waals surface area contributed by atoms with Crippen molar-refractivity contribution in [3.8, 4) is 0 Å². The van der Waals surface area contributed by atoms with E-state index in [9.17, 15) is 9.59 Å². The molecule has 0 saturated carbocycles. The molecular weight excluding hydrogens is 342 g/mol. The Bertz CT molecular complexity index is 373. The van der Waals surface area contributed by atoms with Crippen molar-refractivity contribution in [2.24, 2.45) is 5.41 Å². The third-order valence-corrected chi connectivity index (χ3v) is 4.17. The first kappa shape index (κ1) is 20.6. The van der Waals surface area contributed by atoms with Crippen LogP contribution in [0.4, 0.5) is 0 Å². The lowest BCUT2D eigenvalue weighted by Crippen LogP contribution is -2.42. The maximum atomic E-state index is 11.6. The molecule has 1 unspecified atom stereocenters. The van der Waals surface area contributed by atoms with Gasteiger partial charge in [-0.15, -0.1) is 0 Å². The highest BCUT2D eigenvalue weighted by atomic mass is 32.1. The van der Waals surface area contributed by atoms with Gasteiger partial charge in [-0.25, -0.2) is 0 Å². The van der Waals surface area contributed by atoms with E-state index < -0.39 is 5.41 Å². The molecule has 0 aliphatic carbocycles. The van der Waals surface area contributed by atoms with Gasteiger partial charge in [-0.3, -0.25) is 9.59 Å². The quantitative estimate of drug-likeness (QED) is 0.105. The van der Waals surface area contributed by atoms with Crippen LogP contribution in [-0.4, -0.2) is 56.1 Å². The molecule has 1 aliphatic heterocycles. The molecule has 0 aromatic rings. The topological polar surface area (TPSA) is 86.4 Å². The fourth-order valence-electron chi connectivity index (χ4n) is 1.96. The van der Waals surface area contributed by atoms with Crippen LogP contribution in [0.1, 0.15) is 26.2 Å². The maximum absolute atomic E-state index is 11.6. The minimum absolute atomic E-state index is 0.0768. The number of hydroxylamine groups is 1.